The van der Waals surface area contributed by atoms with Gasteiger partial charge in [-0.15, -0.1) is 23.7 Å². The second kappa shape index (κ2) is 10.1. The van der Waals surface area contributed by atoms with E-state index >= 15 is 0 Å². The minimum absolute atomic E-state index is 0. The number of thiophene rings is 1. The molecular weight excluding hydrogens is 390 g/mol. The third kappa shape index (κ3) is 5.13. The molecule has 0 amide bonds. The summed E-state index contributed by atoms with van der Waals surface area (Å²) in [5, 5.41) is 9.35. The molecule has 1 N–H and O–H groups in total. The van der Waals surface area contributed by atoms with Gasteiger partial charge in [0, 0.05) is 21.9 Å². The lowest BCUT2D eigenvalue weighted by Gasteiger charge is -2.11. The van der Waals surface area contributed by atoms with Gasteiger partial charge in [0.05, 0.1) is 0 Å². The zero-order valence-corrected chi connectivity index (χ0v) is 18.3. The quantitative estimate of drug-likeness (QED) is 0.628. The molecule has 0 unspecified atom stereocenters. The molecule has 0 aliphatic heterocycles. The first kappa shape index (κ1) is 22.4. The van der Waals surface area contributed by atoms with Crippen LogP contribution in [0.3, 0.4) is 0 Å². The van der Waals surface area contributed by atoms with Crippen LogP contribution in [0.15, 0.2) is 42.0 Å². The zero-order chi connectivity index (χ0) is 19.4. The summed E-state index contributed by atoms with van der Waals surface area (Å²) in [5.41, 5.74) is 5.82. The highest BCUT2D eigenvalue weighted by atomic mass is 35.5. The first-order chi connectivity index (χ1) is 13.0. The molecule has 150 valence electrons. The van der Waals surface area contributed by atoms with Crippen LogP contribution in [0.2, 0.25) is 0 Å². The van der Waals surface area contributed by atoms with Crippen molar-refractivity contribution in [1.29, 1.82) is 0 Å². The molecule has 5 heteroatoms. The molecule has 1 aliphatic rings. The predicted octanol–water partition coefficient (Wildman–Crippen LogP) is 5.53. The number of halogens is 1. The summed E-state index contributed by atoms with van der Waals surface area (Å²) in [6.45, 7) is 2.90. The fourth-order valence-corrected chi connectivity index (χ4v) is 4.72. The van der Waals surface area contributed by atoms with E-state index in [-0.39, 0.29) is 12.4 Å². The predicted molar refractivity (Wildman–Crippen MR) is 122 cm³/mol. The van der Waals surface area contributed by atoms with Gasteiger partial charge in [-0.2, -0.15) is 0 Å². The van der Waals surface area contributed by atoms with Crippen molar-refractivity contribution in [2.45, 2.75) is 32.6 Å². The van der Waals surface area contributed by atoms with Gasteiger partial charge in [0.25, 0.3) is 0 Å². The van der Waals surface area contributed by atoms with Gasteiger partial charge in [0.15, 0.2) is 0 Å². The van der Waals surface area contributed by atoms with Gasteiger partial charge in [-0.25, -0.2) is 4.79 Å². The third-order valence-electron chi connectivity index (χ3n) is 4.94. The van der Waals surface area contributed by atoms with Crippen molar-refractivity contribution in [3.8, 4) is 0 Å². The van der Waals surface area contributed by atoms with Crippen LogP contribution in [-0.2, 0) is 17.6 Å². The van der Waals surface area contributed by atoms with Gasteiger partial charge < -0.3 is 10.0 Å². The Bertz CT molecular complexity index is 896. The largest absolute Gasteiger partial charge is 0.478 e. The average molecular weight is 418 g/mol. The van der Waals surface area contributed by atoms with E-state index in [4.69, 9.17) is 0 Å². The van der Waals surface area contributed by atoms with Gasteiger partial charge in [0.1, 0.15) is 0 Å². The Hall–Kier alpha value is -1.88. The highest BCUT2D eigenvalue weighted by molar-refractivity contribution is 7.14. The molecule has 0 fully saturated rings. The summed E-state index contributed by atoms with van der Waals surface area (Å²) >= 11 is 1.72. The number of rotatable bonds is 6. The number of nitrogens with zero attached hydrogens (tertiary/aromatic N) is 1. The lowest BCUT2D eigenvalue weighted by atomic mass is 9.98. The van der Waals surface area contributed by atoms with Crippen LogP contribution in [0.1, 0.15) is 46.2 Å². The Morgan fingerprint density at radius 3 is 2.61 bits per heavy atom. The average Bonchev–Trinajstić information content (AvgIpc) is 2.98. The molecule has 0 spiro atoms. The molecule has 0 bridgehead atoms. The number of hydrogen-bond donors (Lipinski definition) is 1. The third-order valence-corrected chi connectivity index (χ3v) is 6.10. The smallest absolute Gasteiger partial charge is 0.331 e. The van der Waals surface area contributed by atoms with E-state index in [1.54, 1.807) is 11.3 Å². The van der Waals surface area contributed by atoms with Crippen molar-refractivity contribution in [2.24, 2.45) is 0 Å². The van der Waals surface area contributed by atoms with E-state index in [1.165, 1.54) is 27.1 Å². The summed E-state index contributed by atoms with van der Waals surface area (Å²) in [4.78, 5) is 15.9. The molecule has 1 aromatic carbocycles. The number of fused-ring (bicyclic) bond motifs is 2. The lowest BCUT2D eigenvalue weighted by molar-refractivity contribution is -0.132. The van der Waals surface area contributed by atoms with Gasteiger partial charge in [0.2, 0.25) is 0 Å². The summed E-state index contributed by atoms with van der Waals surface area (Å²) in [5.74, 6) is -0.826. The summed E-state index contributed by atoms with van der Waals surface area (Å²) in [6, 6.07) is 10.9. The van der Waals surface area contributed by atoms with Crippen molar-refractivity contribution >= 4 is 41.4 Å². The highest BCUT2D eigenvalue weighted by Gasteiger charge is 2.20. The van der Waals surface area contributed by atoms with Gasteiger partial charge >= 0.3 is 5.97 Å². The van der Waals surface area contributed by atoms with Gasteiger partial charge in [-0.05, 0) is 74.2 Å². The molecule has 0 saturated heterocycles. The van der Waals surface area contributed by atoms with Gasteiger partial charge in [-0.3, -0.25) is 0 Å². The maximum atomic E-state index is 11.4. The van der Waals surface area contributed by atoms with E-state index < -0.39 is 5.97 Å². The van der Waals surface area contributed by atoms with Gasteiger partial charge in [-0.1, -0.05) is 37.3 Å². The maximum absolute atomic E-state index is 11.4. The lowest BCUT2D eigenvalue weighted by Crippen LogP contribution is -2.12. The minimum atomic E-state index is -0.826. The van der Waals surface area contributed by atoms with Crippen LogP contribution in [0.5, 0.6) is 0 Å². The summed E-state index contributed by atoms with van der Waals surface area (Å²) < 4.78 is 0. The van der Waals surface area contributed by atoms with Crippen LogP contribution in [0, 0.1) is 0 Å². The highest BCUT2D eigenvalue weighted by Crippen LogP contribution is 2.39. The molecule has 28 heavy (non-hydrogen) atoms. The fourth-order valence-electron chi connectivity index (χ4n) is 3.48. The number of carboxylic acid groups (broad SMARTS) is 1. The first-order valence-corrected chi connectivity index (χ1v) is 10.3. The Morgan fingerprint density at radius 2 is 1.93 bits per heavy atom. The first-order valence-electron chi connectivity index (χ1n) is 9.49. The molecule has 2 aromatic rings. The van der Waals surface area contributed by atoms with Crippen molar-refractivity contribution in [3.63, 3.8) is 0 Å². The number of carbonyl (C=O) groups is 1. The van der Waals surface area contributed by atoms with E-state index in [9.17, 15) is 9.90 Å². The van der Waals surface area contributed by atoms with E-state index in [0.717, 1.165) is 30.7 Å². The maximum Gasteiger partial charge on any atom is 0.331 e. The monoisotopic (exact) mass is 417 g/mol. The van der Waals surface area contributed by atoms with Crippen molar-refractivity contribution in [3.05, 3.63) is 68.4 Å². The number of aliphatic carboxylic acids is 1. The van der Waals surface area contributed by atoms with E-state index in [2.05, 4.69) is 55.4 Å². The Balaban J connectivity index is 0.00000280. The SMILES string of the molecule is CCC(=Cc1cc2c(s1)C(=CCCN(C)C)c1ccccc1CC2)C(=O)O.Cl. The number of aryl methyl sites for hydroxylation is 2. The zero-order valence-electron chi connectivity index (χ0n) is 16.7. The number of hydrogen-bond acceptors (Lipinski definition) is 3. The molecule has 0 radical (unpaired) electrons. The van der Waals surface area contributed by atoms with Crippen molar-refractivity contribution in [1.82, 2.24) is 4.90 Å². The number of carboxylic acids is 1. The Labute approximate surface area is 177 Å². The summed E-state index contributed by atoms with van der Waals surface area (Å²) in [7, 11) is 4.19. The normalized spacial score (nSPS) is 15.0. The molecule has 0 saturated carbocycles. The van der Waals surface area contributed by atoms with Crippen molar-refractivity contribution < 1.29 is 9.90 Å². The number of benzene rings is 1. The molecule has 1 heterocycles. The van der Waals surface area contributed by atoms with Crippen molar-refractivity contribution in [2.75, 3.05) is 20.6 Å². The van der Waals surface area contributed by atoms with Crippen LogP contribution in [-0.4, -0.2) is 36.6 Å². The minimum Gasteiger partial charge on any atom is -0.478 e. The molecular formula is C23H28ClNO2S. The summed E-state index contributed by atoms with van der Waals surface area (Å²) in [6.07, 6.45) is 7.74. The van der Waals surface area contributed by atoms with Crippen LogP contribution < -0.4 is 0 Å². The molecule has 3 nitrogen and oxygen atoms in total. The molecule has 1 aliphatic carbocycles. The topological polar surface area (TPSA) is 40.5 Å². The molecule has 0 atom stereocenters. The van der Waals surface area contributed by atoms with E-state index in [0.29, 0.717) is 12.0 Å². The van der Waals surface area contributed by atoms with Crippen LogP contribution >= 0.6 is 23.7 Å². The standard InChI is InChI=1S/C23H27NO2S.ClH/c1-4-16(23(25)26)14-19-15-18-12-11-17-8-5-6-9-20(17)21(22(18)27-19)10-7-13-24(2)3;/h5-6,8-10,14-15H,4,7,11-13H2,1-3H3,(H,25,26);1H. The van der Waals surface area contributed by atoms with E-state index in [1.807, 2.05) is 13.0 Å². The Morgan fingerprint density at radius 1 is 1.21 bits per heavy atom. The fraction of sp³-hybridized carbons (Fsp3) is 0.348. The van der Waals surface area contributed by atoms with Crippen LogP contribution in [0.4, 0.5) is 0 Å². The molecule has 3 rings (SSSR count). The van der Waals surface area contributed by atoms with Crippen LogP contribution in [0.25, 0.3) is 11.6 Å². The molecule has 1 aromatic heterocycles. The second-order valence-electron chi connectivity index (χ2n) is 7.20. The Kier molecular flexibility index (Phi) is 8.05. The second-order valence-corrected chi connectivity index (χ2v) is 8.28.